The number of unbranched alkanes of at least 4 members (excludes halogenated alkanes) is 89. The molecule has 0 aromatic rings. The van der Waals surface area contributed by atoms with E-state index in [2.05, 4.69) is 125 Å². The van der Waals surface area contributed by atoms with Crippen LogP contribution in [0.25, 0.3) is 0 Å². The highest BCUT2D eigenvalue weighted by atomic mass is 79.9. The number of ether oxygens (including phenoxy) is 2. The van der Waals surface area contributed by atoms with Gasteiger partial charge in [0.25, 0.3) is 0 Å². The molecule has 0 aromatic heterocycles. The number of rotatable bonds is 110. The van der Waals surface area contributed by atoms with E-state index in [0.29, 0.717) is 0 Å². The van der Waals surface area contributed by atoms with Gasteiger partial charge in [-0.05, 0) is 250 Å². The molecular formula is C122H225BrO2. The third kappa shape index (κ3) is 112. The van der Waals surface area contributed by atoms with Crippen LogP contribution in [-0.2, 0) is 9.47 Å². The van der Waals surface area contributed by atoms with Crippen LogP contribution in [0.15, 0.2) is 109 Å². The van der Waals surface area contributed by atoms with Crippen LogP contribution in [0.1, 0.15) is 642 Å². The molecule has 0 spiro atoms. The summed E-state index contributed by atoms with van der Waals surface area (Å²) in [5, 5.41) is 1.18. The molecule has 0 aliphatic carbocycles. The zero-order chi connectivity index (χ0) is 88.6. The molecular weight excluding hydrogens is 1580 g/mol. The monoisotopic (exact) mass is 1800 g/mol. The molecule has 0 aromatic carbocycles. The van der Waals surface area contributed by atoms with Gasteiger partial charge in [-0.25, -0.2) is 0 Å². The Hall–Kier alpha value is -1.94. The van der Waals surface area contributed by atoms with Gasteiger partial charge in [0.1, 0.15) is 0 Å². The van der Waals surface area contributed by atoms with E-state index < -0.39 is 0 Å². The smallest absolute Gasteiger partial charge is 0.157 e. The molecule has 0 amide bonds. The van der Waals surface area contributed by atoms with Crippen molar-refractivity contribution in [3.05, 3.63) is 109 Å². The molecule has 1 aliphatic heterocycles. The summed E-state index contributed by atoms with van der Waals surface area (Å²) in [5.74, 6) is 0. The van der Waals surface area contributed by atoms with Gasteiger partial charge in [0.15, 0.2) is 6.29 Å². The largest absolute Gasteiger partial charge is 0.350 e. The summed E-state index contributed by atoms with van der Waals surface area (Å²) in [4.78, 5) is 0. The van der Waals surface area contributed by atoms with Gasteiger partial charge in [-0.2, -0.15) is 0 Å². The summed E-state index contributed by atoms with van der Waals surface area (Å²) in [6, 6.07) is 0. The first-order valence-corrected chi connectivity index (χ1v) is 59.2. The number of halogens is 1. The minimum absolute atomic E-state index is 0.0967. The van der Waals surface area contributed by atoms with Crippen molar-refractivity contribution in [3.8, 4) is 0 Å². The number of hydrogen-bond acceptors (Lipinski definition) is 2. The highest BCUT2D eigenvalue weighted by Gasteiger charge is 2.15. The van der Waals surface area contributed by atoms with Crippen molar-refractivity contribution in [2.45, 2.75) is 648 Å². The van der Waals surface area contributed by atoms with Crippen molar-refractivity contribution in [3.63, 3.8) is 0 Å². The Bertz CT molecular complexity index is 2170. The SMILES string of the molecule is BrCCCCCCCCCCC/C=C/CCCCCCCCCC/C=C/CCCCCCCCCC/C=C/CCCCCCCCCC/C=C/CCCCCCCCCC/C=C/CCCCCCCCCC/C=C/CCCCCCCCCC/C=C/CCCCCCCCCC/C=C/CCCCCCCCCC/C=C/CCCCCCCCCCC1OCCO1. The van der Waals surface area contributed by atoms with Crippen LogP contribution >= 0.6 is 15.9 Å². The lowest BCUT2D eigenvalue weighted by Gasteiger charge is -2.08. The highest BCUT2D eigenvalue weighted by molar-refractivity contribution is 9.09. The standard InChI is InChI=1S/C122H225BrO2/c123-119-117-115-113-111-109-107-105-103-101-99-97-95-93-91-89-87-85-83-81-79-77-75-73-71-69-67-65-63-61-59-57-55-53-51-49-47-45-43-41-39-37-35-33-31-29-27-25-23-21-19-17-15-13-11-9-7-5-3-1-2-4-6-8-10-12-14-16-18-20-22-24-26-28-30-32-34-36-38-40-42-44-46-48-50-52-54-56-58-60-62-64-66-68-70-72-74-76-78-80-82-84-86-88-90-92-94-96-98-100-102-104-106-108-110-112-114-116-118-122-124-120-121-125-122/h1-2,23-26,47-50,71-74,95-98,122H,3-22,27-46,51-70,75-94,99-121H2/b2-1+,25-23+,26-24+,49-47+,50-48+,73-71+,74-72+,97-95+,98-96+. The Kier molecular flexibility index (Phi) is 113. The fraction of sp³-hybridized carbons (Fsp3) is 0.852. The van der Waals surface area contributed by atoms with E-state index in [4.69, 9.17) is 9.47 Å². The van der Waals surface area contributed by atoms with Gasteiger partial charge in [0.05, 0.1) is 13.2 Å². The average molecular weight is 1800 g/mol. The molecule has 2 nitrogen and oxygen atoms in total. The Balaban J connectivity index is 1.64. The summed E-state index contributed by atoms with van der Waals surface area (Å²) in [6.45, 7) is 1.58. The summed E-state index contributed by atoms with van der Waals surface area (Å²) >= 11 is 3.54. The normalized spacial score (nSPS) is 13.2. The third-order valence-electron chi connectivity index (χ3n) is 27.2. The molecule has 0 bridgehead atoms. The maximum absolute atomic E-state index is 5.53. The maximum Gasteiger partial charge on any atom is 0.157 e. The van der Waals surface area contributed by atoms with Crippen molar-refractivity contribution < 1.29 is 9.47 Å². The van der Waals surface area contributed by atoms with E-state index in [1.807, 2.05) is 0 Å². The number of alkyl halides is 1. The van der Waals surface area contributed by atoms with E-state index in [0.717, 1.165) is 19.6 Å². The minimum atomic E-state index is 0.0967. The molecule has 1 heterocycles. The Morgan fingerprint density at radius 2 is 0.208 bits per heavy atom. The predicted molar refractivity (Wildman–Crippen MR) is 573 cm³/mol. The van der Waals surface area contributed by atoms with Gasteiger partial charge >= 0.3 is 0 Å². The highest BCUT2D eigenvalue weighted by Crippen LogP contribution is 2.23. The fourth-order valence-corrected chi connectivity index (χ4v) is 19.0. The molecule has 1 aliphatic rings. The predicted octanol–water partition coefficient (Wildman–Crippen LogP) is 44.8. The van der Waals surface area contributed by atoms with Gasteiger partial charge in [-0.1, -0.05) is 517 Å². The van der Waals surface area contributed by atoms with Crippen molar-refractivity contribution in [1.82, 2.24) is 0 Å². The molecule has 732 valence electrons. The molecule has 3 heteroatoms. The first-order chi connectivity index (χ1) is 62.4. The van der Waals surface area contributed by atoms with E-state index in [9.17, 15) is 0 Å². The summed E-state index contributed by atoms with van der Waals surface area (Å²) in [5.41, 5.74) is 0. The van der Waals surface area contributed by atoms with Crippen LogP contribution in [0, 0.1) is 0 Å². The second kappa shape index (κ2) is 116. The first-order valence-electron chi connectivity index (χ1n) is 58.1. The van der Waals surface area contributed by atoms with Crippen LogP contribution < -0.4 is 0 Å². The van der Waals surface area contributed by atoms with Crippen molar-refractivity contribution in [2.75, 3.05) is 18.5 Å². The van der Waals surface area contributed by atoms with E-state index in [1.165, 1.54) is 641 Å². The third-order valence-corrected chi connectivity index (χ3v) is 27.7. The molecule has 1 rings (SSSR count). The van der Waals surface area contributed by atoms with Crippen LogP contribution in [0.5, 0.6) is 0 Å². The van der Waals surface area contributed by atoms with E-state index in [1.54, 1.807) is 0 Å². The molecule has 0 unspecified atom stereocenters. The number of hydrogen-bond donors (Lipinski definition) is 0. The molecule has 0 radical (unpaired) electrons. The first kappa shape index (κ1) is 121. The van der Waals surface area contributed by atoms with Gasteiger partial charge in [-0.3, -0.25) is 0 Å². The van der Waals surface area contributed by atoms with Crippen LogP contribution in [0.4, 0.5) is 0 Å². The number of allylic oxidation sites excluding steroid dienone is 18. The van der Waals surface area contributed by atoms with Crippen molar-refractivity contribution in [2.24, 2.45) is 0 Å². The fourth-order valence-electron chi connectivity index (χ4n) is 18.6. The van der Waals surface area contributed by atoms with E-state index in [-0.39, 0.29) is 6.29 Å². The Labute approximate surface area is 796 Å². The average Bonchev–Trinajstić information content (AvgIpc) is 1.85. The molecule has 1 saturated heterocycles. The Morgan fingerprint density at radius 3 is 0.312 bits per heavy atom. The van der Waals surface area contributed by atoms with Crippen LogP contribution in [0.2, 0.25) is 0 Å². The van der Waals surface area contributed by atoms with Gasteiger partial charge in [0, 0.05) is 5.33 Å². The maximum atomic E-state index is 5.53. The van der Waals surface area contributed by atoms with Gasteiger partial charge in [-0.15, -0.1) is 0 Å². The Morgan fingerprint density at radius 1 is 0.120 bits per heavy atom. The van der Waals surface area contributed by atoms with E-state index >= 15 is 0 Å². The minimum Gasteiger partial charge on any atom is -0.350 e. The summed E-state index contributed by atoms with van der Waals surface area (Å²) in [6.07, 6.45) is 184. The lowest BCUT2D eigenvalue weighted by Crippen LogP contribution is -2.06. The zero-order valence-electron chi connectivity index (χ0n) is 85.0. The summed E-state index contributed by atoms with van der Waals surface area (Å²) in [7, 11) is 0. The quantitative estimate of drug-likeness (QED) is 0.0343. The molecule has 0 atom stereocenters. The second-order valence-corrected chi connectivity index (χ2v) is 40.5. The topological polar surface area (TPSA) is 18.5 Å². The molecule has 1 fully saturated rings. The van der Waals surface area contributed by atoms with Gasteiger partial charge < -0.3 is 9.47 Å². The summed E-state index contributed by atoms with van der Waals surface area (Å²) < 4.78 is 11.1. The van der Waals surface area contributed by atoms with Crippen molar-refractivity contribution >= 4 is 15.9 Å². The van der Waals surface area contributed by atoms with Gasteiger partial charge in [0.2, 0.25) is 0 Å². The lowest BCUT2D eigenvalue weighted by atomic mass is 10.0. The second-order valence-electron chi connectivity index (χ2n) is 39.7. The molecule has 0 saturated carbocycles. The molecule has 0 N–H and O–H groups in total. The lowest BCUT2D eigenvalue weighted by molar-refractivity contribution is -0.0480. The zero-order valence-corrected chi connectivity index (χ0v) is 86.6. The molecule has 125 heavy (non-hydrogen) atoms. The van der Waals surface area contributed by atoms with Crippen LogP contribution in [0.3, 0.4) is 0 Å². The van der Waals surface area contributed by atoms with Crippen LogP contribution in [-0.4, -0.2) is 24.8 Å². The van der Waals surface area contributed by atoms with Crippen molar-refractivity contribution in [1.29, 1.82) is 0 Å².